The van der Waals surface area contributed by atoms with Crippen molar-refractivity contribution in [2.24, 2.45) is 5.10 Å². The van der Waals surface area contributed by atoms with Crippen LogP contribution in [0, 0.1) is 17.0 Å². The van der Waals surface area contributed by atoms with Gasteiger partial charge in [0.05, 0.1) is 31.0 Å². The first-order chi connectivity index (χ1) is 18.5. The maximum Gasteiger partial charge on any atom is 0.411 e. The van der Waals surface area contributed by atoms with Crippen LogP contribution in [0.4, 0.5) is 27.8 Å². The van der Waals surface area contributed by atoms with E-state index in [4.69, 9.17) is 14.5 Å². The number of rotatable bonds is 10. The number of carbonyl (C=O) groups excluding carboxylic acids is 1. The molecule has 3 aromatic rings. The molecule has 12 heteroatoms. The van der Waals surface area contributed by atoms with Crippen LogP contribution in [-0.4, -0.2) is 60.1 Å². The first kappa shape index (κ1) is 26.5. The molecule has 0 saturated carbocycles. The van der Waals surface area contributed by atoms with Crippen LogP contribution in [0.25, 0.3) is 0 Å². The highest BCUT2D eigenvalue weighted by molar-refractivity contribution is 5.84. The van der Waals surface area contributed by atoms with E-state index in [0.717, 1.165) is 30.0 Å². The predicted octanol–water partition coefficient (Wildman–Crippen LogP) is 4.16. The fraction of sp³-hybridized carbons (Fsp3) is 0.308. The molecule has 1 aliphatic heterocycles. The lowest BCUT2D eigenvalue weighted by Gasteiger charge is -2.28. The number of morpholine rings is 1. The number of ether oxygens (including phenoxy) is 2. The molecule has 1 aromatic heterocycles. The molecule has 0 bridgehead atoms. The molecule has 198 valence electrons. The molecule has 2 aromatic carbocycles. The Morgan fingerprint density at radius 2 is 1.97 bits per heavy atom. The number of benzene rings is 2. The third-order valence-electron chi connectivity index (χ3n) is 5.63. The van der Waals surface area contributed by atoms with Crippen LogP contribution in [0.15, 0.2) is 59.7 Å². The summed E-state index contributed by atoms with van der Waals surface area (Å²) >= 11 is 0. The first-order valence-corrected chi connectivity index (χ1v) is 12.2. The summed E-state index contributed by atoms with van der Waals surface area (Å²) < 4.78 is 10.7. The maximum absolute atomic E-state index is 12.1. The molecular formula is C26H29N7O5. The monoisotopic (exact) mass is 519 g/mol. The van der Waals surface area contributed by atoms with Crippen LogP contribution in [0.3, 0.4) is 0 Å². The zero-order valence-corrected chi connectivity index (χ0v) is 21.0. The van der Waals surface area contributed by atoms with Crippen LogP contribution in [-0.2, 0) is 15.9 Å². The summed E-state index contributed by atoms with van der Waals surface area (Å²) in [5.41, 5.74) is 5.48. The summed E-state index contributed by atoms with van der Waals surface area (Å²) in [5, 5.41) is 17.6. The van der Waals surface area contributed by atoms with E-state index in [1.54, 1.807) is 6.21 Å². The van der Waals surface area contributed by atoms with Gasteiger partial charge in [-0.05, 0) is 31.0 Å². The van der Waals surface area contributed by atoms with Gasteiger partial charge in [0.2, 0.25) is 0 Å². The van der Waals surface area contributed by atoms with E-state index in [-0.39, 0.29) is 12.3 Å². The molecule has 0 spiro atoms. The summed E-state index contributed by atoms with van der Waals surface area (Å²) in [6, 6.07) is 15.4. The number of non-ortho nitro benzene ring substituents is 1. The number of amides is 1. The number of nitrogens with zero attached hydrogens (tertiary/aromatic N) is 5. The standard InChI is InChI=1S/C26H29N7O5/c1-19-4-2-5-20(16-19)18-27-31-24-17-25(32-11-14-37-15-12-32)30-23(29-24)6-3-13-38-26(34)28-21-7-9-22(10-8-21)33(35)36/h2,4-5,7-10,16-18H,3,6,11-15H2,1H3,(H,28,34)(H,29,30,31). The minimum Gasteiger partial charge on any atom is -0.449 e. The SMILES string of the molecule is Cc1cccc(C=NNc2cc(N3CCOCC3)nc(CCCOC(=O)Nc3ccc([N+](=O)[O-])cc3)n2)c1. The van der Waals surface area contributed by atoms with Gasteiger partial charge in [0.25, 0.3) is 5.69 Å². The van der Waals surface area contributed by atoms with Gasteiger partial charge in [-0.1, -0.05) is 29.8 Å². The summed E-state index contributed by atoms with van der Waals surface area (Å²) in [6.45, 7) is 4.90. The molecule has 4 rings (SSSR count). The second-order valence-electron chi connectivity index (χ2n) is 8.58. The van der Waals surface area contributed by atoms with E-state index in [1.165, 1.54) is 24.3 Å². The number of anilines is 3. The fourth-order valence-corrected chi connectivity index (χ4v) is 3.75. The summed E-state index contributed by atoms with van der Waals surface area (Å²) in [5.74, 6) is 1.95. The quantitative estimate of drug-likeness (QED) is 0.175. The molecule has 1 saturated heterocycles. The smallest absolute Gasteiger partial charge is 0.411 e. The van der Waals surface area contributed by atoms with Crippen LogP contribution >= 0.6 is 0 Å². The minimum absolute atomic E-state index is 0.0575. The van der Waals surface area contributed by atoms with Crippen molar-refractivity contribution < 1.29 is 19.2 Å². The molecule has 0 radical (unpaired) electrons. The molecule has 1 amide bonds. The van der Waals surface area contributed by atoms with Crippen molar-refractivity contribution in [1.29, 1.82) is 0 Å². The van der Waals surface area contributed by atoms with Gasteiger partial charge >= 0.3 is 6.09 Å². The van der Waals surface area contributed by atoms with E-state index in [0.29, 0.717) is 43.4 Å². The average Bonchev–Trinajstić information content (AvgIpc) is 2.92. The van der Waals surface area contributed by atoms with Gasteiger partial charge in [0.15, 0.2) is 5.82 Å². The third-order valence-corrected chi connectivity index (χ3v) is 5.63. The molecule has 0 unspecified atom stereocenters. The number of hydrogen-bond donors (Lipinski definition) is 2. The van der Waals surface area contributed by atoms with Gasteiger partial charge in [-0.3, -0.25) is 20.9 Å². The molecule has 0 aliphatic carbocycles. The van der Waals surface area contributed by atoms with Gasteiger partial charge in [-0.2, -0.15) is 5.10 Å². The van der Waals surface area contributed by atoms with E-state index < -0.39 is 11.0 Å². The highest BCUT2D eigenvalue weighted by Crippen LogP contribution is 2.19. The molecule has 0 atom stereocenters. The highest BCUT2D eigenvalue weighted by atomic mass is 16.6. The molecule has 38 heavy (non-hydrogen) atoms. The predicted molar refractivity (Wildman–Crippen MR) is 144 cm³/mol. The van der Waals surface area contributed by atoms with Crippen molar-refractivity contribution >= 4 is 35.3 Å². The van der Waals surface area contributed by atoms with Gasteiger partial charge < -0.3 is 14.4 Å². The number of hydrogen-bond acceptors (Lipinski definition) is 10. The van der Waals surface area contributed by atoms with Crippen molar-refractivity contribution in [2.45, 2.75) is 19.8 Å². The Morgan fingerprint density at radius 3 is 2.71 bits per heavy atom. The van der Waals surface area contributed by atoms with Gasteiger partial charge in [0.1, 0.15) is 11.6 Å². The van der Waals surface area contributed by atoms with Crippen molar-refractivity contribution in [3.63, 3.8) is 0 Å². The van der Waals surface area contributed by atoms with E-state index in [1.807, 2.05) is 37.3 Å². The van der Waals surface area contributed by atoms with Gasteiger partial charge in [-0.15, -0.1) is 0 Å². The number of hydrazone groups is 1. The fourth-order valence-electron chi connectivity index (χ4n) is 3.75. The lowest BCUT2D eigenvalue weighted by atomic mass is 10.2. The Hall–Kier alpha value is -4.58. The summed E-state index contributed by atoms with van der Waals surface area (Å²) in [4.78, 5) is 33.7. The average molecular weight is 520 g/mol. The minimum atomic E-state index is -0.644. The van der Waals surface area contributed by atoms with E-state index >= 15 is 0 Å². The van der Waals surface area contributed by atoms with Gasteiger partial charge in [0, 0.05) is 43.4 Å². The Labute approximate surface area is 219 Å². The van der Waals surface area contributed by atoms with Crippen LogP contribution in [0.1, 0.15) is 23.4 Å². The maximum atomic E-state index is 12.1. The van der Waals surface area contributed by atoms with Crippen molar-refractivity contribution in [1.82, 2.24) is 9.97 Å². The molecule has 1 fully saturated rings. The molecule has 12 nitrogen and oxygen atoms in total. The Morgan fingerprint density at radius 1 is 1.18 bits per heavy atom. The molecular weight excluding hydrogens is 490 g/mol. The van der Waals surface area contributed by atoms with E-state index in [2.05, 4.69) is 25.7 Å². The van der Waals surface area contributed by atoms with Crippen molar-refractivity contribution in [3.8, 4) is 0 Å². The Kier molecular flexibility index (Phi) is 9.13. The van der Waals surface area contributed by atoms with Gasteiger partial charge in [-0.25, -0.2) is 14.8 Å². The number of aryl methyl sites for hydroxylation is 2. The zero-order valence-electron chi connectivity index (χ0n) is 21.0. The highest BCUT2D eigenvalue weighted by Gasteiger charge is 2.15. The number of nitro benzene ring substituents is 1. The topological polar surface area (TPSA) is 144 Å². The number of nitrogens with one attached hydrogen (secondary N) is 2. The summed E-state index contributed by atoms with van der Waals surface area (Å²) in [6.07, 6.45) is 2.08. The molecule has 2 N–H and O–H groups in total. The lowest BCUT2D eigenvalue weighted by Crippen LogP contribution is -2.37. The van der Waals surface area contributed by atoms with Crippen molar-refractivity contribution in [3.05, 3.63) is 81.7 Å². The number of aromatic nitrogens is 2. The largest absolute Gasteiger partial charge is 0.449 e. The first-order valence-electron chi connectivity index (χ1n) is 12.2. The normalized spacial score (nSPS) is 13.3. The Bertz CT molecular complexity index is 1280. The second-order valence-corrected chi connectivity index (χ2v) is 8.58. The molecule has 1 aliphatic rings. The Balaban J connectivity index is 1.33. The second kappa shape index (κ2) is 13.1. The molecule has 2 heterocycles. The lowest BCUT2D eigenvalue weighted by molar-refractivity contribution is -0.384. The number of nitro groups is 1. The zero-order chi connectivity index (χ0) is 26.7. The summed E-state index contributed by atoms with van der Waals surface area (Å²) in [7, 11) is 0. The van der Waals surface area contributed by atoms with Crippen molar-refractivity contribution in [2.75, 3.05) is 48.6 Å². The van der Waals surface area contributed by atoms with Crippen LogP contribution < -0.4 is 15.6 Å². The number of carbonyl (C=O) groups is 1. The van der Waals surface area contributed by atoms with Crippen LogP contribution in [0.2, 0.25) is 0 Å². The van der Waals surface area contributed by atoms with Crippen LogP contribution in [0.5, 0.6) is 0 Å². The van der Waals surface area contributed by atoms with E-state index in [9.17, 15) is 14.9 Å². The third kappa shape index (κ3) is 7.96.